The van der Waals surface area contributed by atoms with Gasteiger partial charge in [-0.15, -0.1) is 0 Å². The van der Waals surface area contributed by atoms with Gasteiger partial charge in [-0.3, -0.25) is 9.59 Å². The second kappa shape index (κ2) is 8.35. The minimum atomic E-state index is -1.21. The summed E-state index contributed by atoms with van der Waals surface area (Å²) in [6.45, 7) is 8.74. The zero-order valence-corrected chi connectivity index (χ0v) is 22.0. The zero-order valence-electron chi connectivity index (χ0n) is 22.0. The van der Waals surface area contributed by atoms with Crippen LogP contribution < -0.4 is 10.5 Å². The summed E-state index contributed by atoms with van der Waals surface area (Å²) in [7, 11) is 0. The molecular formula is C28H38N2O7. The number of primary amides is 1. The molecule has 6 unspecified atom stereocenters. The normalized spacial score (nSPS) is 34.5. The number of fused-ring (bicyclic) bond motifs is 5. The molecule has 0 bridgehead atoms. The summed E-state index contributed by atoms with van der Waals surface area (Å²) in [5.41, 5.74) is 5.56. The first-order valence-corrected chi connectivity index (χ1v) is 13.3. The lowest BCUT2D eigenvalue weighted by atomic mass is 9.43. The summed E-state index contributed by atoms with van der Waals surface area (Å²) in [5.74, 6) is -1.48. The molecule has 2 heterocycles. The van der Waals surface area contributed by atoms with Crippen molar-refractivity contribution in [1.29, 1.82) is 0 Å². The number of carboxylic acids is 1. The van der Waals surface area contributed by atoms with E-state index in [1.165, 1.54) is 11.0 Å². The number of hydrogen-bond donors (Lipinski definition) is 4. The number of aromatic hydroxyl groups is 1. The molecule has 1 spiro atoms. The maximum Gasteiger partial charge on any atom is 0.326 e. The van der Waals surface area contributed by atoms with E-state index < -0.39 is 35.5 Å². The van der Waals surface area contributed by atoms with Gasteiger partial charge in [0.05, 0.1) is 18.2 Å². The molecule has 0 aromatic heterocycles. The van der Waals surface area contributed by atoms with Crippen LogP contribution in [0.4, 0.5) is 0 Å². The standard InChI is InChI=1S/C28H38N2O7/c1-14-5-7-20-26(2,3)21(32)9-10-27(20,4)28(14)12-16-19(31)11-15-17(23(16)37-28)13-30(24(15)34)18(25(35)36)6-8-22(29)33/h11,14,18,20-21,31-32H,5-10,12-13H2,1-4H3,(H2,29,33)(H,35,36). The molecule has 2 aliphatic carbocycles. The number of aliphatic hydroxyl groups excluding tert-OH is 1. The van der Waals surface area contributed by atoms with Gasteiger partial charge in [-0.2, -0.15) is 0 Å². The quantitative estimate of drug-likeness (QED) is 0.472. The van der Waals surface area contributed by atoms with E-state index >= 15 is 0 Å². The molecule has 0 radical (unpaired) electrons. The lowest BCUT2D eigenvalue weighted by Gasteiger charge is -2.64. The van der Waals surface area contributed by atoms with E-state index in [0.717, 1.165) is 19.3 Å². The number of carbonyl (C=O) groups excluding carboxylic acids is 2. The Morgan fingerprint density at radius 3 is 2.57 bits per heavy atom. The smallest absolute Gasteiger partial charge is 0.326 e. The van der Waals surface area contributed by atoms with Crippen molar-refractivity contribution in [2.75, 3.05) is 0 Å². The van der Waals surface area contributed by atoms with Gasteiger partial charge >= 0.3 is 5.97 Å². The van der Waals surface area contributed by atoms with Crippen LogP contribution in [0.3, 0.4) is 0 Å². The summed E-state index contributed by atoms with van der Waals surface area (Å²) in [5, 5.41) is 31.8. The number of phenolic OH excluding ortho intramolecular Hbond substituents is 1. The highest BCUT2D eigenvalue weighted by atomic mass is 16.5. The Bertz CT molecular complexity index is 1180. The minimum Gasteiger partial charge on any atom is -0.508 e. The number of aliphatic hydroxyl groups is 1. The summed E-state index contributed by atoms with van der Waals surface area (Å²) in [6, 6.07) is 0.227. The SMILES string of the molecule is CC1CCC2C(C)(C)C(O)CCC2(C)C12Cc1c(O)cc3c(c1O2)CN(C(CCC(N)=O)C(=O)O)C3=O. The molecule has 2 amide bonds. The van der Waals surface area contributed by atoms with E-state index in [0.29, 0.717) is 29.7 Å². The van der Waals surface area contributed by atoms with Crippen LogP contribution in [-0.4, -0.2) is 55.8 Å². The van der Waals surface area contributed by atoms with Gasteiger partial charge in [-0.25, -0.2) is 4.79 Å². The Labute approximate surface area is 217 Å². The van der Waals surface area contributed by atoms with Crippen molar-refractivity contribution in [2.45, 2.75) is 96.9 Å². The van der Waals surface area contributed by atoms with Crippen LogP contribution in [0.15, 0.2) is 6.07 Å². The molecule has 37 heavy (non-hydrogen) atoms. The van der Waals surface area contributed by atoms with Gasteiger partial charge in [0, 0.05) is 29.4 Å². The Hall–Kier alpha value is -2.81. The minimum absolute atomic E-state index is 0.0159. The van der Waals surface area contributed by atoms with E-state index in [-0.39, 0.29) is 53.4 Å². The highest BCUT2D eigenvalue weighted by Gasteiger charge is 2.67. The Morgan fingerprint density at radius 2 is 1.92 bits per heavy atom. The van der Waals surface area contributed by atoms with Crippen LogP contribution in [0.1, 0.15) is 87.7 Å². The average molecular weight is 515 g/mol. The highest BCUT2D eigenvalue weighted by molar-refractivity contribution is 6.02. The molecule has 2 fully saturated rings. The van der Waals surface area contributed by atoms with E-state index in [9.17, 15) is 29.7 Å². The molecule has 9 heteroatoms. The van der Waals surface area contributed by atoms with Gasteiger partial charge in [-0.1, -0.05) is 27.7 Å². The largest absolute Gasteiger partial charge is 0.508 e. The third-order valence-corrected chi connectivity index (χ3v) is 10.4. The molecule has 0 saturated heterocycles. The van der Waals surface area contributed by atoms with Gasteiger partial charge in [0.1, 0.15) is 23.1 Å². The molecule has 5 N–H and O–H groups in total. The summed E-state index contributed by atoms with van der Waals surface area (Å²) >= 11 is 0. The van der Waals surface area contributed by atoms with Crippen molar-refractivity contribution < 1.29 is 34.4 Å². The van der Waals surface area contributed by atoms with Crippen molar-refractivity contribution in [3.63, 3.8) is 0 Å². The van der Waals surface area contributed by atoms with Crippen molar-refractivity contribution >= 4 is 17.8 Å². The molecule has 4 aliphatic rings. The van der Waals surface area contributed by atoms with Crippen molar-refractivity contribution in [3.05, 3.63) is 22.8 Å². The van der Waals surface area contributed by atoms with Crippen LogP contribution in [0.5, 0.6) is 11.5 Å². The third kappa shape index (κ3) is 3.49. The molecule has 6 atom stereocenters. The fourth-order valence-electron chi connectivity index (χ4n) is 8.23. The number of ether oxygens (including phenoxy) is 1. The van der Waals surface area contributed by atoms with Crippen LogP contribution in [0.25, 0.3) is 0 Å². The van der Waals surface area contributed by atoms with Gasteiger partial charge in [-0.05, 0) is 55.4 Å². The van der Waals surface area contributed by atoms with Gasteiger partial charge < -0.3 is 30.7 Å². The van der Waals surface area contributed by atoms with Gasteiger partial charge in [0.25, 0.3) is 5.91 Å². The molecule has 9 nitrogen and oxygen atoms in total. The summed E-state index contributed by atoms with van der Waals surface area (Å²) in [4.78, 5) is 37.9. The number of carboxylic acid groups (broad SMARTS) is 1. The van der Waals surface area contributed by atoms with Crippen LogP contribution in [0.2, 0.25) is 0 Å². The number of hydrogen-bond acceptors (Lipinski definition) is 6. The second-order valence-corrected chi connectivity index (χ2v) is 12.5. The molecule has 2 saturated carbocycles. The van der Waals surface area contributed by atoms with Crippen molar-refractivity contribution in [3.8, 4) is 11.5 Å². The van der Waals surface area contributed by atoms with E-state index in [1.807, 2.05) is 0 Å². The van der Waals surface area contributed by atoms with E-state index in [2.05, 4.69) is 27.7 Å². The predicted molar refractivity (Wildman–Crippen MR) is 134 cm³/mol. The fourth-order valence-corrected chi connectivity index (χ4v) is 8.23. The number of rotatable bonds is 5. The molecule has 5 rings (SSSR count). The van der Waals surface area contributed by atoms with Crippen LogP contribution in [-0.2, 0) is 22.6 Å². The zero-order chi connectivity index (χ0) is 27.1. The first-order chi connectivity index (χ1) is 17.2. The lowest BCUT2D eigenvalue weighted by molar-refractivity contribution is -0.210. The number of nitrogens with two attached hydrogens (primary N) is 1. The Kier molecular flexibility index (Phi) is 5.83. The first-order valence-electron chi connectivity index (χ1n) is 13.3. The number of carbonyl (C=O) groups is 3. The van der Waals surface area contributed by atoms with Gasteiger partial charge in [0.2, 0.25) is 5.91 Å². The molecular weight excluding hydrogens is 476 g/mol. The first kappa shape index (κ1) is 25.8. The van der Waals surface area contributed by atoms with Crippen LogP contribution >= 0.6 is 0 Å². The molecule has 1 aromatic carbocycles. The maximum atomic E-state index is 13.3. The van der Waals surface area contributed by atoms with E-state index in [1.54, 1.807) is 0 Å². The Morgan fingerprint density at radius 1 is 1.22 bits per heavy atom. The van der Waals surface area contributed by atoms with Gasteiger partial charge in [0.15, 0.2) is 0 Å². The highest BCUT2D eigenvalue weighted by Crippen LogP contribution is 2.67. The monoisotopic (exact) mass is 514 g/mol. The second-order valence-electron chi connectivity index (χ2n) is 12.5. The predicted octanol–water partition coefficient (Wildman–Crippen LogP) is 2.97. The lowest BCUT2D eigenvalue weighted by Crippen LogP contribution is -2.66. The Balaban J connectivity index is 1.55. The average Bonchev–Trinajstić information content (AvgIpc) is 3.36. The summed E-state index contributed by atoms with van der Waals surface area (Å²) in [6.07, 6.45) is 3.24. The number of nitrogens with zero attached hydrogens (tertiary/aromatic N) is 1. The van der Waals surface area contributed by atoms with E-state index in [4.69, 9.17) is 10.5 Å². The number of amides is 2. The third-order valence-electron chi connectivity index (χ3n) is 10.4. The molecule has 1 aromatic rings. The fraction of sp³-hybridized carbons (Fsp3) is 0.679. The van der Waals surface area contributed by atoms with Crippen molar-refractivity contribution in [2.24, 2.45) is 28.4 Å². The number of aliphatic carboxylic acids is 1. The number of phenols is 1. The maximum absolute atomic E-state index is 13.3. The van der Waals surface area contributed by atoms with Crippen molar-refractivity contribution in [1.82, 2.24) is 4.90 Å². The van der Waals surface area contributed by atoms with Crippen LogP contribution in [0, 0.1) is 22.7 Å². The topological polar surface area (TPSA) is 150 Å². The molecule has 2 aliphatic heterocycles. The summed E-state index contributed by atoms with van der Waals surface area (Å²) < 4.78 is 6.97. The number of benzene rings is 1. The molecule has 202 valence electrons.